The van der Waals surface area contributed by atoms with Gasteiger partial charge in [-0.15, -0.1) is 0 Å². The molecule has 0 amide bonds. The van der Waals surface area contributed by atoms with E-state index in [1.165, 1.54) is 18.4 Å². The fourth-order valence-corrected chi connectivity index (χ4v) is 3.40. The molecule has 0 radical (unpaired) electrons. The van der Waals surface area contributed by atoms with Crippen LogP contribution in [0.25, 0.3) is 0 Å². The maximum absolute atomic E-state index is 5.14. The molecule has 1 heterocycles. The number of rotatable bonds is 2. The van der Waals surface area contributed by atoms with Crippen LogP contribution in [0.1, 0.15) is 32.5 Å². The van der Waals surface area contributed by atoms with Crippen molar-refractivity contribution in [1.82, 2.24) is 14.9 Å². The molecule has 3 aliphatic carbocycles. The number of allylic oxidation sites excluding steroid dienone is 2. The average Bonchev–Trinajstić information content (AvgIpc) is 2.66. The van der Waals surface area contributed by atoms with Crippen LogP contribution < -0.4 is 0 Å². The fraction of sp³-hybridized carbons (Fsp3) is 0.615. The molecule has 0 aromatic carbocycles. The minimum Gasteiger partial charge on any atom is -0.250 e. The van der Waals surface area contributed by atoms with Crippen molar-refractivity contribution in [2.45, 2.75) is 33.6 Å². The third-order valence-electron chi connectivity index (χ3n) is 4.65. The number of aromatic nitrogens is 3. The Morgan fingerprint density at radius 3 is 2.94 bits per heavy atom. The first-order valence-corrected chi connectivity index (χ1v) is 6.79. The zero-order valence-electron chi connectivity index (χ0n) is 11.0. The van der Waals surface area contributed by atoms with E-state index in [-0.39, 0.29) is 0 Å². The highest BCUT2D eigenvalue weighted by Crippen LogP contribution is 2.58. The highest BCUT2D eigenvalue weighted by Gasteiger charge is 2.50. The van der Waals surface area contributed by atoms with Crippen LogP contribution in [0.5, 0.6) is 0 Å². The summed E-state index contributed by atoms with van der Waals surface area (Å²) in [5.41, 5.74) is 1.79. The predicted molar refractivity (Wildman–Crippen MR) is 74.1 cm³/mol. The van der Waals surface area contributed by atoms with Crippen LogP contribution in [-0.4, -0.2) is 21.1 Å². The van der Waals surface area contributed by atoms with E-state index >= 15 is 0 Å². The van der Waals surface area contributed by atoms with Crippen molar-refractivity contribution in [1.29, 1.82) is 0 Å². The molecule has 1 saturated carbocycles. The summed E-state index contributed by atoms with van der Waals surface area (Å²) in [7, 11) is 0. The highest BCUT2D eigenvalue weighted by atomic mass is 32.1. The Balaban J connectivity index is 1.86. The van der Waals surface area contributed by atoms with Crippen LogP contribution in [0.4, 0.5) is 0 Å². The van der Waals surface area contributed by atoms with Crippen LogP contribution in [0.3, 0.4) is 0 Å². The monoisotopic (exact) mass is 262 g/mol. The van der Waals surface area contributed by atoms with E-state index in [9.17, 15) is 0 Å². The Bertz CT molecular complexity index is 590. The summed E-state index contributed by atoms with van der Waals surface area (Å²) in [6.45, 7) is 6.62. The number of aromatic amines is 1. The molecule has 2 bridgehead atoms. The quantitative estimate of drug-likeness (QED) is 0.657. The highest BCUT2D eigenvalue weighted by molar-refractivity contribution is 7.71. The van der Waals surface area contributed by atoms with Crippen molar-refractivity contribution in [3.05, 3.63) is 22.2 Å². The van der Waals surface area contributed by atoms with Crippen molar-refractivity contribution >= 4 is 18.4 Å². The number of nitrogens with one attached hydrogen (secondary N) is 1. The van der Waals surface area contributed by atoms with Gasteiger partial charge in [0, 0.05) is 0 Å². The Morgan fingerprint density at radius 1 is 1.61 bits per heavy atom. The molecule has 4 rings (SSSR count). The standard InChI is InChI=1S/C13H18N4S/c1-8-15-16-12(18)17(8)14-7-9-4-5-10-6-11(9)13(10,2)3/h4,7,10-11H,5-6H2,1-3H3,(H,16,18)/b14-7+. The number of fused-ring (bicyclic) bond motifs is 1. The molecule has 1 fully saturated rings. The number of nitrogens with zero attached hydrogens (tertiary/aromatic N) is 3. The largest absolute Gasteiger partial charge is 0.250 e. The van der Waals surface area contributed by atoms with Crippen LogP contribution in [0, 0.1) is 28.9 Å². The number of H-pyrrole nitrogens is 1. The van der Waals surface area contributed by atoms with E-state index in [0.29, 0.717) is 16.1 Å². The molecule has 5 heteroatoms. The van der Waals surface area contributed by atoms with Crippen molar-refractivity contribution in [2.24, 2.45) is 22.4 Å². The van der Waals surface area contributed by atoms with Crippen LogP contribution in [-0.2, 0) is 0 Å². The first kappa shape index (κ1) is 11.8. The van der Waals surface area contributed by atoms with Crippen LogP contribution in [0.15, 0.2) is 16.8 Å². The maximum atomic E-state index is 5.14. The minimum absolute atomic E-state index is 0.434. The van der Waals surface area contributed by atoms with Gasteiger partial charge in [-0.05, 0) is 54.8 Å². The van der Waals surface area contributed by atoms with E-state index in [4.69, 9.17) is 12.2 Å². The Hall–Kier alpha value is -1.23. The van der Waals surface area contributed by atoms with Gasteiger partial charge in [-0.25, -0.2) is 0 Å². The summed E-state index contributed by atoms with van der Waals surface area (Å²) in [5, 5.41) is 11.2. The second kappa shape index (κ2) is 3.88. The van der Waals surface area contributed by atoms with Gasteiger partial charge in [-0.3, -0.25) is 5.10 Å². The molecule has 0 spiro atoms. The molecule has 0 aliphatic heterocycles. The summed E-state index contributed by atoms with van der Waals surface area (Å²) in [4.78, 5) is 0. The van der Waals surface area contributed by atoms with E-state index in [1.54, 1.807) is 4.68 Å². The van der Waals surface area contributed by atoms with Gasteiger partial charge in [-0.1, -0.05) is 19.9 Å². The first-order chi connectivity index (χ1) is 8.50. The first-order valence-electron chi connectivity index (χ1n) is 6.38. The van der Waals surface area contributed by atoms with E-state index in [2.05, 4.69) is 35.2 Å². The van der Waals surface area contributed by atoms with Crippen molar-refractivity contribution < 1.29 is 0 Å². The third kappa shape index (κ3) is 1.61. The molecular formula is C13H18N4S. The normalized spacial score (nSPS) is 29.2. The van der Waals surface area contributed by atoms with Crippen molar-refractivity contribution in [3.8, 4) is 0 Å². The second-order valence-corrected chi connectivity index (χ2v) is 6.27. The Kier molecular flexibility index (Phi) is 2.55. The third-order valence-corrected chi connectivity index (χ3v) is 4.91. The molecule has 2 unspecified atom stereocenters. The molecular weight excluding hydrogens is 244 g/mol. The SMILES string of the molecule is Cc1n[nH]c(=S)n1/N=C/C1=CCC2CC1C2(C)C. The van der Waals surface area contributed by atoms with Gasteiger partial charge >= 0.3 is 0 Å². The van der Waals surface area contributed by atoms with Gasteiger partial charge in [0.05, 0.1) is 6.21 Å². The minimum atomic E-state index is 0.434. The second-order valence-electron chi connectivity index (χ2n) is 5.88. The van der Waals surface area contributed by atoms with E-state index in [0.717, 1.165) is 11.7 Å². The Labute approximate surface area is 112 Å². The summed E-state index contributed by atoms with van der Waals surface area (Å²) < 4.78 is 2.22. The molecule has 1 aromatic heterocycles. The molecule has 1 N–H and O–H groups in total. The molecule has 18 heavy (non-hydrogen) atoms. The summed E-state index contributed by atoms with van der Waals surface area (Å²) in [6, 6.07) is 0. The summed E-state index contributed by atoms with van der Waals surface area (Å²) in [5.74, 6) is 2.30. The van der Waals surface area contributed by atoms with Gasteiger partial charge in [-0.2, -0.15) is 14.9 Å². The summed E-state index contributed by atoms with van der Waals surface area (Å²) >= 11 is 5.14. The molecule has 96 valence electrons. The molecule has 0 saturated heterocycles. The summed E-state index contributed by atoms with van der Waals surface area (Å²) in [6.07, 6.45) is 6.77. The van der Waals surface area contributed by atoms with Crippen LogP contribution in [0.2, 0.25) is 0 Å². The Morgan fingerprint density at radius 2 is 2.39 bits per heavy atom. The van der Waals surface area contributed by atoms with Gasteiger partial charge in [0.25, 0.3) is 0 Å². The lowest BCUT2D eigenvalue weighted by Crippen LogP contribution is -2.48. The van der Waals surface area contributed by atoms with Gasteiger partial charge in [0.1, 0.15) is 5.82 Å². The van der Waals surface area contributed by atoms with Gasteiger partial charge in [0.15, 0.2) is 0 Å². The molecule has 3 aliphatic rings. The maximum Gasteiger partial charge on any atom is 0.216 e. The lowest BCUT2D eigenvalue weighted by molar-refractivity contribution is -0.00127. The lowest BCUT2D eigenvalue weighted by Gasteiger charge is -2.55. The average molecular weight is 262 g/mol. The number of hydrogen-bond acceptors (Lipinski definition) is 3. The lowest BCUT2D eigenvalue weighted by atomic mass is 9.49. The van der Waals surface area contributed by atoms with Crippen molar-refractivity contribution in [2.75, 3.05) is 0 Å². The van der Waals surface area contributed by atoms with Gasteiger partial charge in [0.2, 0.25) is 4.77 Å². The topological polar surface area (TPSA) is 46.0 Å². The molecule has 2 atom stereocenters. The van der Waals surface area contributed by atoms with Crippen LogP contribution >= 0.6 is 12.2 Å². The van der Waals surface area contributed by atoms with E-state index in [1.807, 2.05) is 13.1 Å². The zero-order chi connectivity index (χ0) is 12.9. The smallest absolute Gasteiger partial charge is 0.216 e. The molecule has 4 nitrogen and oxygen atoms in total. The fourth-order valence-electron chi connectivity index (χ4n) is 3.18. The predicted octanol–water partition coefficient (Wildman–Crippen LogP) is 3.08. The van der Waals surface area contributed by atoms with Crippen molar-refractivity contribution in [3.63, 3.8) is 0 Å². The van der Waals surface area contributed by atoms with Gasteiger partial charge < -0.3 is 0 Å². The zero-order valence-corrected chi connectivity index (χ0v) is 11.8. The number of hydrogen-bond donors (Lipinski definition) is 1. The number of aryl methyl sites for hydroxylation is 1. The molecule has 1 aromatic rings. The van der Waals surface area contributed by atoms with E-state index < -0.39 is 0 Å².